The van der Waals surface area contributed by atoms with Crippen LogP contribution >= 0.6 is 0 Å². The number of amides is 1. The predicted molar refractivity (Wildman–Crippen MR) is 105 cm³/mol. The molecule has 1 aromatic carbocycles. The van der Waals surface area contributed by atoms with Crippen molar-refractivity contribution in [3.8, 4) is 11.5 Å². The summed E-state index contributed by atoms with van der Waals surface area (Å²) in [6.45, 7) is 4.53. The minimum absolute atomic E-state index is 0.209. The lowest BCUT2D eigenvalue weighted by atomic mass is 9.92. The van der Waals surface area contributed by atoms with Crippen molar-refractivity contribution in [1.29, 1.82) is 0 Å². The quantitative estimate of drug-likeness (QED) is 0.821. The molecule has 152 valence electrons. The van der Waals surface area contributed by atoms with Crippen LogP contribution in [0.1, 0.15) is 43.7 Å². The van der Waals surface area contributed by atoms with E-state index in [1.165, 1.54) is 37.7 Å². The summed E-state index contributed by atoms with van der Waals surface area (Å²) in [4.78, 5) is 17.3. The Hall–Kier alpha value is -1.83. The summed E-state index contributed by atoms with van der Waals surface area (Å²) in [5.41, 5.74) is 7.91. The number of hydrogen-bond acceptors (Lipinski definition) is 6. The van der Waals surface area contributed by atoms with E-state index in [2.05, 4.69) is 32.8 Å². The van der Waals surface area contributed by atoms with Gasteiger partial charge >= 0.3 is 0 Å². The first kappa shape index (κ1) is 18.2. The smallest absolute Gasteiger partial charge is 0.237 e. The number of carbonyl (C=O) groups excluding carboxylic acids is 1. The molecule has 3 fully saturated rings. The molecule has 1 aliphatic carbocycles. The van der Waals surface area contributed by atoms with Gasteiger partial charge in [-0.05, 0) is 30.5 Å². The van der Waals surface area contributed by atoms with Gasteiger partial charge in [0.25, 0.3) is 0 Å². The Labute approximate surface area is 166 Å². The van der Waals surface area contributed by atoms with Gasteiger partial charge in [-0.2, -0.15) is 0 Å². The van der Waals surface area contributed by atoms with Crippen LogP contribution in [0, 0.1) is 5.92 Å². The van der Waals surface area contributed by atoms with E-state index in [9.17, 15) is 4.79 Å². The Morgan fingerprint density at radius 1 is 1.07 bits per heavy atom. The van der Waals surface area contributed by atoms with Crippen molar-refractivity contribution in [3.63, 3.8) is 0 Å². The molecule has 7 heteroatoms. The second-order valence-corrected chi connectivity index (χ2v) is 8.49. The topological polar surface area (TPSA) is 66.1 Å². The van der Waals surface area contributed by atoms with E-state index in [-0.39, 0.29) is 6.04 Å². The SMILES string of the molecule is O=C1CN(CC2CNNC2c2ccc3c(c2)OCO3)CCN1C1CCCCC1. The zero-order chi connectivity index (χ0) is 18.9. The van der Waals surface area contributed by atoms with E-state index < -0.39 is 0 Å². The number of rotatable bonds is 4. The van der Waals surface area contributed by atoms with Crippen LogP contribution in [-0.4, -0.2) is 61.3 Å². The largest absolute Gasteiger partial charge is 0.454 e. The van der Waals surface area contributed by atoms with Crippen molar-refractivity contribution in [1.82, 2.24) is 20.7 Å². The summed E-state index contributed by atoms with van der Waals surface area (Å²) in [6, 6.07) is 6.87. The third kappa shape index (κ3) is 3.58. The van der Waals surface area contributed by atoms with Crippen LogP contribution < -0.4 is 20.3 Å². The third-order valence-corrected chi connectivity index (χ3v) is 6.69. The maximum Gasteiger partial charge on any atom is 0.237 e. The summed E-state index contributed by atoms with van der Waals surface area (Å²) in [5.74, 6) is 2.36. The van der Waals surface area contributed by atoms with E-state index in [4.69, 9.17) is 9.47 Å². The first-order valence-electron chi connectivity index (χ1n) is 10.7. The van der Waals surface area contributed by atoms with Crippen LogP contribution in [0.5, 0.6) is 11.5 Å². The number of ether oxygens (including phenoxy) is 2. The van der Waals surface area contributed by atoms with E-state index in [1.807, 2.05) is 6.07 Å². The first-order valence-corrected chi connectivity index (χ1v) is 10.7. The summed E-state index contributed by atoms with van der Waals surface area (Å²) in [7, 11) is 0. The lowest BCUT2D eigenvalue weighted by molar-refractivity contribution is -0.139. The van der Waals surface area contributed by atoms with Gasteiger partial charge in [-0.25, -0.2) is 5.43 Å². The molecule has 2 N–H and O–H groups in total. The van der Waals surface area contributed by atoms with Crippen LogP contribution in [0.25, 0.3) is 0 Å². The fourth-order valence-electron chi connectivity index (χ4n) is 5.17. The fraction of sp³-hybridized carbons (Fsp3) is 0.667. The van der Waals surface area contributed by atoms with Gasteiger partial charge in [0.2, 0.25) is 12.7 Å². The molecule has 1 aromatic rings. The normalized spacial score (nSPS) is 28.9. The predicted octanol–water partition coefficient (Wildman–Crippen LogP) is 1.66. The summed E-state index contributed by atoms with van der Waals surface area (Å²) >= 11 is 0. The third-order valence-electron chi connectivity index (χ3n) is 6.69. The molecule has 0 radical (unpaired) electrons. The van der Waals surface area contributed by atoms with Gasteiger partial charge in [0, 0.05) is 38.1 Å². The molecule has 2 unspecified atom stereocenters. The zero-order valence-corrected chi connectivity index (χ0v) is 16.4. The fourth-order valence-corrected chi connectivity index (χ4v) is 5.17. The minimum atomic E-state index is 0.209. The van der Waals surface area contributed by atoms with Crippen molar-refractivity contribution >= 4 is 5.91 Å². The van der Waals surface area contributed by atoms with Gasteiger partial charge in [0.05, 0.1) is 12.6 Å². The van der Waals surface area contributed by atoms with Crippen LogP contribution in [0.15, 0.2) is 18.2 Å². The van der Waals surface area contributed by atoms with E-state index in [1.54, 1.807) is 0 Å². The molecular formula is C21H30N4O3. The van der Waals surface area contributed by atoms with Crippen molar-refractivity contribution in [2.45, 2.75) is 44.2 Å². The van der Waals surface area contributed by atoms with Crippen molar-refractivity contribution in [3.05, 3.63) is 23.8 Å². The highest BCUT2D eigenvalue weighted by Crippen LogP contribution is 2.36. The molecular weight excluding hydrogens is 356 g/mol. The molecule has 1 saturated carbocycles. The van der Waals surface area contributed by atoms with Gasteiger partial charge in [-0.3, -0.25) is 15.1 Å². The molecule has 4 aliphatic rings. The highest BCUT2D eigenvalue weighted by Gasteiger charge is 2.35. The average molecular weight is 386 g/mol. The van der Waals surface area contributed by atoms with Gasteiger partial charge in [-0.15, -0.1) is 0 Å². The molecule has 7 nitrogen and oxygen atoms in total. The second kappa shape index (κ2) is 7.89. The first-order chi connectivity index (χ1) is 13.8. The van der Waals surface area contributed by atoms with Crippen molar-refractivity contribution < 1.29 is 14.3 Å². The minimum Gasteiger partial charge on any atom is -0.454 e. The van der Waals surface area contributed by atoms with Crippen molar-refractivity contribution in [2.75, 3.05) is 39.5 Å². The number of piperazine rings is 1. The number of benzene rings is 1. The Bertz CT molecular complexity index is 722. The van der Waals surface area contributed by atoms with Crippen LogP contribution in [0.3, 0.4) is 0 Å². The number of carbonyl (C=O) groups is 1. The van der Waals surface area contributed by atoms with Gasteiger partial charge in [0.1, 0.15) is 0 Å². The van der Waals surface area contributed by atoms with Gasteiger partial charge in [-0.1, -0.05) is 25.3 Å². The average Bonchev–Trinajstić information content (AvgIpc) is 3.37. The van der Waals surface area contributed by atoms with E-state index in [0.717, 1.165) is 37.7 Å². The molecule has 0 spiro atoms. The number of hydrogen-bond donors (Lipinski definition) is 2. The number of hydrazine groups is 1. The van der Waals surface area contributed by atoms with Crippen LogP contribution in [0.2, 0.25) is 0 Å². The Morgan fingerprint density at radius 2 is 1.93 bits per heavy atom. The van der Waals surface area contributed by atoms with Gasteiger partial charge < -0.3 is 14.4 Å². The molecule has 2 saturated heterocycles. The molecule has 3 heterocycles. The number of fused-ring (bicyclic) bond motifs is 1. The lowest BCUT2D eigenvalue weighted by Crippen LogP contribution is -2.55. The Kier molecular flexibility index (Phi) is 5.13. The monoisotopic (exact) mass is 386 g/mol. The number of nitrogens with zero attached hydrogens (tertiary/aromatic N) is 2. The van der Waals surface area contributed by atoms with Gasteiger partial charge in [0.15, 0.2) is 11.5 Å². The Balaban J connectivity index is 1.21. The summed E-state index contributed by atoms with van der Waals surface area (Å²) in [6.07, 6.45) is 6.25. The molecule has 0 aromatic heterocycles. The van der Waals surface area contributed by atoms with E-state index in [0.29, 0.717) is 31.2 Å². The lowest BCUT2D eigenvalue weighted by Gasteiger charge is -2.41. The summed E-state index contributed by atoms with van der Waals surface area (Å²) in [5, 5.41) is 0. The maximum absolute atomic E-state index is 12.8. The molecule has 1 amide bonds. The van der Waals surface area contributed by atoms with Crippen LogP contribution in [-0.2, 0) is 4.79 Å². The summed E-state index contributed by atoms with van der Waals surface area (Å²) < 4.78 is 11.0. The van der Waals surface area contributed by atoms with Crippen LogP contribution in [0.4, 0.5) is 0 Å². The maximum atomic E-state index is 12.8. The molecule has 2 atom stereocenters. The van der Waals surface area contributed by atoms with Crippen molar-refractivity contribution in [2.24, 2.45) is 5.92 Å². The molecule has 28 heavy (non-hydrogen) atoms. The molecule has 3 aliphatic heterocycles. The Morgan fingerprint density at radius 3 is 2.79 bits per heavy atom. The zero-order valence-electron chi connectivity index (χ0n) is 16.4. The highest BCUT2D eigenvalue weighted by molar-refractivity contribution is 5.79. The molecule has 0 bridgehead atoms. The van der Waals surface area contributed by atoms with E-state index >= 15 is 0 Å². The standard InChI is InChI=1S/C21H30N4O3/c26-20-13-24(8-9-25(20)17-4-2-1-3-5-17)12-16-11-22-23-21(16)15-6-7-18-19(10-15)28-14-27-18/h6-7,10,16-17,21-23H,1-5,8-9,11-14H2. The number of nitrogens with one attached hydrogen (secondary N) is 2. The highest BCUT2D eigenvalue weighted by atomic mass is 16.7. The molecule has 5 rings (SSSR count). The second-order valence-electron chi connectivity index (χ2n) is 8.49.